The van der Waals surface area contributed by atoms with E-state index in [2.05, 4.69) is 13.8 Å². The van der Waals surface area contributed by atoms with Gasteiger partial charge in [-0.3, -0.25) is 14.2 Å². The molecule has 0 saturated carbocycles. The van der Waals surface area contributed by atoms with Crippen LogP contribution in [0.1, 0.15) is 54.1 Å². The largest absolute Gasteiger partial charge is 0.387 e. The molecule has 6 heteroatoms. The lowest BCUT2D eigenvalue weighted by Gasteiger charge is -2.40. The lowest BCUT2D eigenvalue weighted by Crippen LogP contribution is -2.55. The van der Waals surface area contributed by atoms with Crippen molar-refractivity contribution in [3.8, 4) is 5.69 Å². The van der Waals surface area contributed by atoms with Crippen molar-refractivity contribution in [1.29, 1.82) is 0 Å². The summed E-state index contributed by atoms with van der Waals surface area (Å²) in [4.78, 5) is 30.3. The fraction of sp³-hybridized carbons (Fsp3) is 0.500. The van der Waals surface area contributed by atoms with Crippen molar-refractivity contribution in [2.45, 2.75) is 45.1 Å². The number of hydrogen-bond acceptors (Lipinski definition) is 4. The van der Waals surface area contributed by atoms with E-state index in [-0.39, 0.29) is 23.6 Å². The number of nitrogens with zero attached hydrogens (tertiary/aromatic N) is 3. The van der Waals surface area contributed by atoms with Crippen molar-refractivity contribution in [2.75, 3.05) is 33.7 Å². The summed E-state index contributed by atoms with van der Waals surface area (Å²) in [6, 6.07) is 9.66. The monoisotopic (exact) mass is 411 g/mol. The number of likely N-dealkylation sites (N-methyl/N-ethyl adjacent to an activating group) is 1. The van der Waals surface area contributed by atoms with Crippen LogP contribution in [0, 0.1) is 6.92 Å². The molecule has 3 rings (SSSR count). The molecule has 0 bridgehead atoms. The second-order valence-electron chi connectivity index (χ2n) is 9.09. The molecule has 1 aliphatic heterocycles. The average molecular weight is 412 g/mol. The minimum atomic E-state index is -0.954. The van der Waals surface area contributed by atoms with Crippen molar-refractivity contribution >= 4 is 5.91 Å². The van der Waals surface area contributed by atoms with Crippen molar-refractivity contribution in [2.24, 2.45) is 0 Å². The predicted molar refractivity (Wildman–Crippen MR) is 120 cm³/mol. The molecule has 2 aromatic rings. The van der Waals surface area contributed by atoms with E-state index in [0.717, 1.165) is 11.3 Å². The summed E-state index contributed by atoms with van der Waals surface area (Å²) in [6.07, 6.45) is 3.09. The number of β-amino-alcohol motifs (C(OH)–C–C–N with tert-alkyl or cyclic N) is 1. The van der Waals surface area contributed by atoms with Crippen molar-refractivity contribution in [3.63, 3.8) is 0 Å². The summed E-state index contributed by atoms with van der Waals surface area (Å²) in [5, 5.41) is 10.9. The SMILES string of the molecule is Cc1ccn(-c2cccc(C(C)C)c2)c(=O)c1C(=O)N1CCCC(O)(CN(C)C)C1. The number of benzene rings is 1. The molecule has 1 fully saturated rings. The number of aryl methyl sites for hydroxylation is 1. The smallest absolute Gasteiger partial charge is 0.268 e. The van der Waals surface area contributed by atoms with E-state index in [0.29, 0.717) is 37.4 Å². The molecule has 2 heterocycles. The van der Waals surface area contributed by atoms with Crippen LogP contribution in [0.5, 0.6) is 0 Å². The second kappa shape index (κ2) is 8.74. The third-order valence-electron chi connectivity index (χ3n) is 5.78. The quantitative estimate of drug-likeness (QED) is 0.822. The lowest BCUT2D eigenvalue weighted by molar-refractivity contribution is -0.0392. The van der Waals surface area contributed by atoms with E-state index < -0.39 is 5.60 Å². The van der Waals surface area contributed by atoms with Crippen LogP contribution >= 0.6 is 0 Å². The molecule has 1 aromatic carbocycles. The van der Waals surface area contributed by atoms with Gasteiger partial charge in [-0.2, -0.15) is 0 Å². The number of carbonyl (C=O) groups is 1. The first-order chi connectivity index (χ1) is 14.1. The van der Waals surface area contributed by atoms with Crippen molar-refractivity contribution < 1.29 is 9.90 Å². The Kier molecular flexibility index (Phi) is 6.48. The fourth-order valence-corrected chi connectivity index (χ4v) is 4.29. The lowest BCUT2D eigenvalue weighted by atomic mass is 9.91. The first-order valence-electron chi connectivity index (χ1n) is 10.6. The van der Waals surface area contributed by atoms with E-state index >= 15 is 0 Å². The van der Waals surface area contributed by atoms with Gasteiger partial charge in [-0.15, -0.1) is 0 Å². The third-order valence-corrected chi connectivity index (χ3v) is 5.78. The van der Waals surface area contributed by atoms with Crippen LogP contribution in [0.15, 0.2) is 41.3 Å². The highest BCUT2D eigenvalue weighted by Crippen LogP contribution is 2.24. The molecule has 162 valence electrons. The van der Waals surface area contributed by atoms with Crippen LogP contribution in [0.3, 0.4) is 0 Å². The summed E-state index contributed by atoms with van der Waals surface area (Å²) < 4.78 is 1.54. The van der Waals surface area contributed by atoms with Crippen LogP contribution < -0.4 is 5.56 Å². The molecule has 30 heavy (non-hydrogen) atoms. The van der Waals surface area contributed by atoms with Crippen LogP contribution in [0.25, 0.3) is 5.69 Å². The predicted octanol–water partition coefficient (Wildman–Crippen LogP) is 2.80. The first-order valence-corrected chi connectivity index (χ1v) is 10.6. The van der Waals surface area contributed by atoms with Gasteiger partial charge in [0.15, 0.2) is 0 Å². The van der Waals surface area contributed by atoms with Crippen LogP contribution in [0.2, 0.25) is 0 Å². The van der Waals surface area contributed by atoms with Gasteiger partial charge in [0.1, 0.15) is 5.56 Å². The Morgan fingerprint density at radius 3 is 2.67 bits per heavy atom. The maximum Gasteiger partial charge on any atom is 0.268 e. The molecule has 1 unspecified atom stereocenters. The van der Waals surface area contributed by atoms with Gasteiger partial charge in [0.25, 0.3) is 11.5 Å². The second-order valence-corrected chi connectivity index (χ2v) is 9.09. The highest BCUT2D eigenvalue weighted by Gasteiger charge is 2.36. The molecule has 1 aliphatic rings. The molecule has 1 amide bonds. The minimum Gasteiger partial charge on any atom is -0.387 e. The van der Waals surface area contributed by atoms with Gasteiger partial charge in [0, 0.05) is 25.0 Å². The highest BCUT2D eigenvalue weighted by molar-refractivity contribution is 5.95. The molecule has 1 aromatic heterocycles. The van der Waals surface area contributed by atoms with Crippen molar-refractivity contribution in [3.05, 3.63) is 63.6 Å². The Bertz CT molecular complexity index is 980. The maximum absolute atomic E-state index is 13.4. The summed E-state index contributed by atoms with van der Waals surface area (Å²) in [5.41, 5.74) is 1.46. The van der Waals surface area contributed by atoms with Gasteiger partial charge in [-0.25, -0.2) is 0 Å². The molecule has 0 radical (unpaired) electrons. The van der Waals surface area contributed by atoms with Crippen LogP contribution in [-0.2, 0) is 0 Å². The van der Waals surface area contributed by atoms with E-state index in [4.69, 9.17) is 0 Å². The van der Waals surface area contributed by atoms with Gasteiger partial charge in [0.2, 0.25) is 0 Å². The van der Waals surface area contributed by atoms with E-state index in [1.54, 1.807) is 22.6 Å². The number of amides is 1. The fourth-order valence-electron chi connectivity index (χ4n) is 4.29. The Balaban J connectivity index is 1.97. The zero-order valence-electron chi connectivity index (χ0n) is 18.7. The Morgan fingerprint density at radius 2 is 2.00 bits per heavy atom. The Hall–Kier alpha value is -2.44. The van der Waals surface area contributed by atoms with E-state index in [1.165, 1.54) is 0 Å². The maximum atomic E-state index is 13.4. The summed E-state index contributed by atoms with van der Waals surface area (Å²) in [5.74, 6) is 0.0404. The number of likely N-dealkylation sites (tertiary alicyclic amines) is 1. The molecule has 6 nitrogen and oxygen atoms in total. The number of aromatic nitrogens is 1. The molecular formula is C24H33N3O3. The van der Waals surface area contributed by atoms with Crippen LogP contribution in [0.4, 0.5) is 0 Å². The molecule has 1 atom stereocenters. The third kappa shape index (κ3) is 4.65. The number of piperidine rings is 1. The molecule has 0 spiro atoms. The Labute approximate surface area is 178 Å². The summed E-state index contributed by atoms with van der Waals surface area (Å²) >= 11 is 0. The average Bonchev–Trinajstić information content (AvgIpc) is 2.67. The van der Waals surface area contributed by atoms with E-state index in [1.807, 2.05) is 49.3 Å². The van der Waals surface area contributed by atoms with Crippen LogP contribution in [-0.4, -0.2) is 64.7 Å². The molecule has 1 N–H and O–H groups in total. The number of pyridine rings is 1. The zero-order valence-corrected chi connectivity index (χ0v) is 18.7. The van der Waals surface area contributed by atoms with Gasteiger partial charge < -0.3 is 14.9 Å². The highest BCUT2D eigenvalue weighted by atomic mass is 16.3. The first kappa shape index (κ1) is 22.2. The number of aliphatic hydroxyl groups is 1. The minimum absolute atomic E-state index is 0.182. The number of hydrogen-bond donors (Lipinski definition) is 1. The molecule has 0 aliphatic carbocycles. The van der Waals surface area contributed by atoms with Gasteiger partial charge in [-0.05, 0) is 69.1 Å². The van der Waals surface area contributed by atoms with E-state index in [9.17, 15) is 14.7 Å². The normalized spacial score (nSPS) is 19.5. The molecular weight excluding hydrogens is 378 g/mol. The summed E-state index contributed by atoms with van der Waals surface area (Å²) in [7, 11) is 3.81. The topological polar surface area (TPSA) is 65.8 Å². The number of rotatable bonds is 5. The zero-order chi connectivity index (χ0) is 22.1. The van der Waals surface area contributed by atoms with Gasteiger partial charge in [-0.1, -0.05) is 26.0 Å². The van der Waals surface area contributed by atoms with Gasteiger partial charge >= 0.3 is 0 Å². The van der Waals surface area contributed by atoms with Gasteiger partial charge in [0.05, 0.1) is 12.1 Å². The molecule has 1 saturated heterocycles. The van der Waals surface area contributed by atoms with Crippen molar-refractivity contribution in [1.82, 2.24) is 14.4 Å². The Morgan fingerprint density at radius 1 is 1.27 bits per heavy atom. The number of carbonyl (C=O) groups excluding carboxylic acids is 1. The standard InChI is InChI=1S/C24H33N3O3/c1-17(2)19-8-6-9-20(14-19)27-13-10-18(3)21(23(27)29)22(28)26-12-7-11-24(30,16-26)15-25(4)5/h6,8-10,13-14,17,30H,7,11-12,15-16H2,1-5H3. The summed E-state index contributed by atoms with van der Waals surface area (Å²) in [6.45, 7) is 7.27.